The van der Waals surface area contributed by atoms with Gasteiger partial charge in [-0.15, -0.1) is 0 Å². The molecule has 0 aliphatic heterocycles. The van der Waals surface area contributed by atoms with Crippen molar-refractivity contribution in [3.8, 4) is 0 Å². The van der Waals surface area contributed by atoms with Gasteiger partial charge in [-0.25, -0.2) is 9.59 Å². The molecule has 4 aromatic rings. The smallest absolute Gasteiger partial charge is 0.345 e. The summed E-state index contributed by atoms with van der Waals surface area (Å²) in [7, 11) is 0. The highest BCUT2D eigenvalue weighted by Gasteiger charge is 2.34. The van der Waals surface area contributed by atoms with Gasteiger partial charge < -0.3 is 8.83 Å². The summed E-state index contributed by atoms with van der Waals surface area (Å²) >= 11 is 12.2. The number of nitro benzene ring substituents is 2. The fourth-order valence-corrected chi connectivity index (χ4v) is 6.15. The third kappa shape index (κ3) is 2.34. The fraction of sp³-hybridized carbons (Fsp3) is 0. The number of rotatable bonds is 2. The van der Waals surface area contributed by atoms with Gasteiger partial charge in [0.15, 0.2) is 11.2 Å². The maximum Gasteiger partial charge on any atom is 0.345 e. The van der Waals surface area contributed by atoms with Crippen LogP contribution in [-0.2, 0) is 0 Å². The van der Waals surface area contributed by atoms with E-state index in [0.717, 1.165) is 0 Å². The molecule has 0 unspecified atom stereocenters. The normalized spacial score (nSPS) is 11.7. The van der Waals surface area contributed by atoms with Crippen LogP contribution < -0.4 is 11.3 Å². The lowest BCUT2D eigenvalue weighted by atomic mass is 10.0. The Labute approximate surface area is 184 Å². The van der Waals surface area contributed by atoms with Gasteiger partial charge in [0.05, 0.1) is 20.6 Å². The van der Waals surface area contributed by atoms with Gasteiger partial charge in [0.2, 0.25) is 0 Å². The number of benzene rings is 2. The van der Waals surface area contributed by atoms with Gasteiger partial charge in [-0.2, -0.15) is 0 Å². The van der Waals surface area contributed by atoms with E-state index >= 15 is 0 Å². The molecule has 0 amide bonds. The minimum Gasteiger partial charge on any atom is -0.421 e. The van der Waals surface area contributed by atoms with Gasteiger partial charge in [0, 0.05) is 10.8 Å². The molecule has 0 aliphatic rings. The van der Waals surface area contributed by atoms with Crippen LogP contribution in [0, 0.1) is 20.2 Å². The number of hydrogen-bond acceptors (Lipinski definition) is 8. The maximum atomic E-state index is 12.6. The molecule has 0 radical (unpaired) electrons. The Morgan fingerprint density at radius 3 is 1.21 bits per heavy atom. The SMILES string of the molecule is O=c1oc2c(Br)c([N+](=O)[O-])c(Br)c3c(=O)oc4c(Br)c([N+](=O)[O-])c(Br)c1c4c23. The second-order valence-electron chi connectivity index (χ2n) is 5.40. The monoisotopic (exact) mass is 640 g/mol. The zero-order valence-electron chi connectivity index (χ0n) is 12.7. The lowest BCUT2D eigenvalue weighted by Gasteiger charge is -2.12. The highest BCUT2D eigenvalue weighted by Crippen LogP contribution is 2.49. The first-order chi connectivity index (χ1) is 13.1. The van der Waals surface area contributed by atoms with Crippen LogP contribution >= 0.6 is 63.7 Å². The Bertz CT molecular complexity index is 1390. The maximum absolute atomic E-state index is 12.6. The van der Waals surface area contributed by atoms with E-state index in [1.165, 1.54) is 0 Å². The van der Waals surface area contributed by atoms with E-state index in [4.69, 9.17) is 8.83 Å². The van der Waals surface area contributed by atoms with Crippen LogP contribution in [0.4, 0.5) is 11.4 Å². The minimum absolute atomic E-state index is 0.0431. The van der Waals surface area contributed by atoms with Crippen LogP contribution in [-0.4, -0.2) is 9.85 Å². The summed E-state index contributed by atoms with van der Waals surface area (Å²) in [5, 5.41) is 22.5. The molecule has 14 heteroatoms. The first kappa shape index (κ1) is 19.4. The molecular formula is C14Br4N2O8. The lowest BCUT2D eigenvalue weighted by Crippen LogP contribution is -2.10. The average Bonchev–Trinajstić information content (AvgIpc) is 2.58. The van der Waals surface area contributed by atoms with Crippen molar-refractivity contribution in [2.75, 3.05) is 0 Å². The van der Waals surface area contributed by atoms with Gasteiger partial charge in [-0.05, 0) is 63.7 Å². The summed E-state index contributed by atoms with van der Waals surface area (Å²) < 4.78 is 9.72. The molecule has 0 saturated carbocycles. The summed E-state index contributed by atoms with van der Waals surface area (Å²) in [6, 6.07) is 0. The van der Waals surface area contributed by atoms with Crippen LogP contribution in [0.25, 0.3) is 32.7 Å². The summed E-state index contributed by atoms with van der Waals surface area (Å²) in [6.45, 7) is 0. The molecule has 0 spiro atoms. The second-order valence-corrected chi connectivity index (χ2v) is 8.58. The van der Waals surface area contributed by atoms with Crippen molar-refractivity contribution in [3.05, 3.63) is 59.0 Å². The topological polar surface area (TPSA) is 147 Å². The molecule has 0 fully saturated rings. The van der Waals surface area contributed by atoms with Crippen molar-refractivity contribution in [3.63, 3.8) is 0 Å². The standard InChI is InChI=1S/C14Br4N2O8/c15-5-3-1-2-4(14(22)27-11(1)7(17)9(5)19(23)24)6(16)10(20(25)26)8(18)12(2)28-13(3)21. The van der Waals surface area contributed by atoms with E-state index in [-0.39, 0.29) is 50.6 Å². The Morgan fingerprint density at radius 2 is 0.929 bits per heavy atom. The van der Waals surface area contributed by atoms with Crippen LogP contribution in [0.15, 0.2) is 36.3 Å². The van der Waals surface area contributed by atoms with Crippen LogP contribution in [0.3, 0.4) is 0 Å². The Morgan fingerprint density at radius 1 is 0.607 bits per heavy atom. The van der Waals surface area contributed by atoms with E-state index in [9.17, 15) is 29.8 Å². The molecule has 2 aromatic carbocycles. The highest BCUT2D eigenvalue weighted by molar-refractivity contribution is 9.11. The number of nitro groups is 2. The van der Waals surface area contributed by atoms with Crippen LogP contribution in [0.2, 0.25) is 0 Å². The highest BCUT2D eigenvalue weighted by atomic mass is 79.9. The summed E-state index contributed by atoms with van der Waals surface area (Å²) in [6.07, 6.45) is 0. The van der Waals surface area contributed by atoms with Crippen LogP contribution in [0.5, 0.6) is 0 Å². The quantitative estimate of drug-likeness (QED) is 0.123. The predicted molar refractivity (Wildman–Crippen MR) is 111 cm³/mol. The average molecular weight is 644 g/mol. The van der Waals surface area contributed by atoms with Gasteiger partial charge in [0.25, 0.3) is 0 Å². The van der Waals surface area contributed by atoms with E-state index < -0.39 is 32.5 Å². The van der Waals surface area contributed by atoms with Crippen molar-refractivity contribution >= 4 is 108 Å². The summed E-state index contributed by atoms with van der Waals surface area (Å²) in [5.74, 6) is 0. The molecule has 0 aliphatic carbocycles. The van der Waals surface area contributed by atoms with E-state index in [1.807, 2.05) is 0 Å². The summed E-state index contributed by atoms with van der Waals surface area (Å²) in [5.41, 5.74) is -3.60. The van der Waals surface area contributed by atoms with Gasteiger partial charge in [0.1, 0.15) is 17.9 Å². The van der Waals surface area contributed by atoms with Gasteiger partial charge >= 0.3 is 22.6 Å². The molecule has 0 bridgehead atoms. The zero-order chi connectivity index (χ0) is 20.7. The van der Waals surface area contributed by atoms with Crippen molar-refractivity contribution in [1.82, 2.24) is 0 Å². The lowest BCUT2D eigenvalue weighted by molar-refractivity contribution is -0.386. The van der Waals surface area contributed by atoms with Crippen molar-refractivity contribution < 1.29 is 18.7 Å². The Kier molecular flexibility index (Phi) is 4.37. The van der Waals surface area contributed by atoms with Crippen molar-refractivity contribution in [1.29, 1.82) is 0 Å². The zero-order valence-corrected chi connectivity index (χ0v) is 19.0. The van der Waals surface area contributed by atoms with Crippen LogP contribution in [0.1, 0.15) is 0 Å². The van der Waals surface area contributed by atoms with E-state index in [2.05, 4.69) is 63.7 Å². The van der Waals surface area contributed by atoms with Crippen molar-refractivity contribution in [2.24, 2.45) is 0 Å². The molecule has 0 N–H and O–H groups in total. The fourth-order valence-electron chi connectivity index (χ4n) is 2.97. The molecular weight excluding hydrogens is 644 g/mol. The van der Waals surface area contributed by atoms with E-state index in [1.54, 1.807) is 0 Å². The molecule has 0 saturated heterocycles. The number of hydrogen-bond donors (Lipinski definition) is 0. The largest absolute Gasteiger partial charge is 0.421 e. The Balaban J connectivity index is 2.52. The molecule has 28 heavy (non-hydrogen) atoms. The first-order valence-corrected chi connectivity index (χ1v) is 10.1. The molecule has 0 atom stereocenters. The van der Waals surface area contributed by atoms with E-state index in [0.29, 0.717) is 0 Å². The minimum atomic E-state index is -1.01. The third-order valence-electron chi connectivity index (χ3n) is 4.04. The third-order valence-corrected chi connectivity index (χ3v) is 7.05. The molecule has 2 aromatic heterocycles. The molecule has 4 rings (SSSR count). The molecule has 142 valence electrons. The first-order valence-electron chi connectivity index (χ1n) is 6.91. The van der Waals surface area contributed by atoms with Gasteiger partial charge in [-0.3, -0.25) is 20.2 Å². The second kappa shape index (κ2) is 6.30. The number of nitrogens with zero attached hydrogens (tertiary/aromatic N) is 2. The predicted octanol–water partition coefficient (Wildman–Crippen LogP) is 5.36. The molecule has 2 heterocycles. The van der Waals surface area contributed by atoms with Crippen molar-refractivity contribution in [2.45, 2.75) is 0 Å². The van der Waals surface area contributed by atoms with Gasteiger partial charge in [-0.1, -0.05) is 0 Å². The Hall–Kier alpha value is -1.90. The summed E-state index contributed by atoms with van der Waals surface area (Å²) in [4.78, 5) is 46.6. The number of halogens is 4. The molecule has 10 nitrogen and oxygen atoms in total.